The molecule has 0 atom stereocenters. The molecule has 0 aliphatic heterocycles. The second kappa shape index (κ2) is 5.72. The molecule has 0 radical (unpaired) electrons. The Bertz CT molecular complexity index is 618. The van der Waals surface area contributed by atoms with E-state index in [4.69, 9.17) is 11.0 Å². The van der Waals surface area contributed by atoms with Crippen molar-refractivity contribution in [3.63, 3.8) is 0 Å². The van der Waals surface area contributed by atoms with Gasteiger partial charge in [-0.1, -0.05) is 18.2 Å². The van der Waals surface area contributed by atoms with E-state index in [-0.39, 0.29) is 5.54 Å². The molecule has 4 heteroatoms. The molecule has 0 saturated heterocycles. The molecule has 2 rings (SSSR count). The number of nitriles is 1. The molecule has 0 aliphatic rings. The average molecular weight is 266 g/mol. The molecule has 0 spiro atoms. The predicted molar refractivity (Wildman–Crippen MR) is 81.1 cm³/mol. The normalized spacial score (nSPS) is 10.9. The third kappa shape index (κ3) is 3.81. The molecule has 102 valence electrons. The van der Waals surface area contributed by atoms with E-state index in [1.165, 1.54) is 0 Å². The summed E-state index contributed by atoms with van der Waals surface area (Å²) >= 11 is 0. The number of nitrogens with zero attached hydrogens (tertiary/aromatic N) is 2. The summed E-state index contributed by atoms with van der Waals surface area (Å²) in [5.41, 5.74) is 8.16. The molecule has 0 saturated carbocycles. The van der Waals surface area contributed by atoms with Crippen LogP contribution in [0.5, 0.6) is 0 Å². The molecule has 0 unspecified atom stereocenters. The Morgan fingerprint density at radius 1 is 1.20 bits per heavy atom. The summed E-state index contributed by atoms with van der Waals surface area (Å²) < 4.78 is 0. The van der Waals surface area contributed by atoms with E-state index in [0.29, 0.717) is 12.1 Å². The van der Waals surface area contributed by atoms with Gasteiger partial charge in [0.2, 0.25) is 0 Å². The van der Waals surface area contributed by atoms with Gasteiger partial charge in [-0.15, -0.1) is 0 Å². The first kappa shape index (κ1) is 14.0. The maximum atomic E-state index is 8.80. The molecule has 4 nitrogen and oxygen atoms in total. The van der Waals surface area contributed by atoms with Crippen LogP contribution < -0.4 is 11.1 Å². The van der Waals surface area contributed by atoms with Crippen molar-refractivity contribution in [3.8, 4) is 17.3 Å². The zero-order valence-corrected chi connectivity index (χ0v) is 11.7. The van der Waals surface area contributed by atoms with E-state index in [1.807, 2.05) is 44.2 Å². The first-order chi connectivity index (χ1) is 9.48. The van der Waals surface area contributed by atoms with Crippen molar-refractivity contribution in [1.82, 2.24) is 4.98 Å². The number of rotatable bonds is 4. The van der Waals surface area contributed by atoms with Gasteiger partial charge >= 0.3 is 0 Å². The third-order valence-electron chi connectivity index (χ3n) is 2.78. The van der Waals surface area contributed by atoms with Gasteiger partial charge in [0.05, 0.1) is 17.3 Å². The second-order valence-corrected chi connectivity index (χ2v) is 5.44. The minimum atomic E-state index is -0.286. The number of anilines is 1. The predicted octanol–water partition coefficient (Wildman–Crippen LogP) is 2.77. The quantitative estimate of drug-likeness (QED) is 0.892. The lowest BCUT2D eigenvalue weighted by Gasteiger charge is -2.19. The Labute approximate surface area is 119 Å². The first-order valence-corrected chi connectivity index (χ1v) is 6.48. The zero-order valence-electron chi connectivity index (χ0n) is 11.7. The lowest BCUT2D eigenvalue weighted by atomic mass is 10.1. The molecule has 0 fully saturated rings. The first-order valence-electron chi connectivity index (χ1n) is 6.48. The highest BCUT2D eigenvalue weighted by molar-refractivity contribution is 5.62. The zero-order chi connectivity index (χ0) is 14.6. The van der Waals surface area contributed by atoms with Crippen molar-refractivity contribution in [1.29, 1.82) is 5.26 Å². The summed E-state index contributed by atoms with van der Waals surface area (Å²) in [4.78, 5) is 4.55. The second-order valence-electron chi connectivity index (χ2n) is 5.44. The van der Waals surface area contributed by atoms with Gasteiger partial charge in [0.1, 0.15) is 5.82 Å². The minimum Gasteiger partial charge on any atom is -0.368 e. The number of pyridine rings is 1. The molecular weight excluding hydrogens is 248 g/mol. The Kier molecular flexibility index (Phi) is 4.02. The van der Waals surface area contributed by atoms with Crippen LogP contribution in [0.4, 0.5) is 5.82 Å². The van der Waals surface area contributed by atoms with Gasteiger partial charge in [-0.3, -0.25) is 0 Å². The van der Waals surface area contributed by atoms with Crippen LogP contribution in [0.1, 0.15) is 19.4 Å². The summed E-state index contributed by atoms with van der Waals surface area (Å²) in [6.07, 6.45) is 0. The summed E-state index contributed by atoms with van der Waals surface area (Å²) in [7, 11) is 0. The van der Waals surface area contributed by atoms with Crippen LogP contribution in [0.2, 0.25) is 0 Å². The Balaban J connectivity index is 2.18. The number of hydrogen-bond donors (Lipinski definition) is 2. The van der Waals surface area contributed by atoms with Crippen molar-refractivity contribution in [3.05, 3.63) is 48.0 Å². The van der Waals surface area contributed by atoms with Crippen molar-refractivity contribution in [2.45, 2.75) is 19.4 Å². The van der Waals surface area contributed by atoms with Crippen LogP contribution in [-0.2, 0) is 0 Å². The van der Waals surface area contributed by atoms with Crippen LogP contribution in [0.3, 0.4) is 0 Å². The van der Waals surface area contributed by atoms with Gasteiger partial charge in [0.25, 0.3) is 0 Å². The highest BCUT2D eigenvalue weighted by atomic mass is 15.0. The highest BCUT2D eigenvalue weighted by Crippen LogP contribution is 2.19. The van der Waals surface area contributed by atoms with E-state index in [0.717, 1.165) is 17.1 Å². The Hall–Kier alpha value is -2.38. The van der Waals surface area contributed by atoms with E-state index in [1.54, 1.807) is 12.1 Å². The fourth-order valence-electron chi connectivity index (χ4n) is 1.73. The molecule has 2 aromatic rings. The number of nitrogens with two attached hydrogens (primary N) is 1. The van der Waals surface area contributed by atoms with E-state index in [2.05, 4.69) is 16.4 Å². The number of aromatic nitrogens is 1. The molecule has 0 aliphatic carbocycles. The van der Waals surface area contributed by atoms with Crippen molar-refractivity contribution >= 4 is 5.82 Å². The summed E-state index contributed by atoms with van der Waals surface area (Å²) in [5, 5.41) is 12.0. The number of hydrogen-bond acceptors (Lipinski definition) is 4. The van der Waals surface area contributed by atoms with Crippen LogP contribution >= 0.6 is 0 Å². The molecular formula is C16H18N4. The maximum absolute atomic E-state index is 8.80. The lowest BCUT2D eigenvalue weighted by molar-refractivity contribution is 0.548. The van der Waals surface area contributed by atoms with Crippen LogP contribution in [-0.4, -0.2) is 17.1 Å². The van der Waals surface area contributed by atoms with E-state index >= 15 is 0 Å². The van der Waals surface area contributed by atoms with Crippen molar-refractivity contribution in [2.75, 3.05) is 11.9 Å². The largest absolute Gasteiger partial charge is 0.368 e. The number of benzene rings is 1. The van der Waals surface area contributed by atoms with E-state index in [9.17, 15) is 0 Å². The van der Waals surface area contributed by atoms with E-state index < -0.39 is 0 Å². The highest BCUT2D eigenvalue weighted by Gasteiger charge is 2.10. The Morgan fingerprint density at radius 2 is 1.90 bits per heavy atom. The monoisotopic (exact) mass is 266 g/mol. The molecule has 0 bridgehead atoms. The molecule has 20 heavy (non-hydrogen) atoms. The van der Waals surface area contributed by atoms with Crippen molar-refractivity contribution in [2.24, 2.45) is 5.73 Å². The topological polar surface area (TPSA) is 74.7 Å². The average Bonchev–Trinajstić information content (AvgIpc) is 2.45. The summed E-state index contributed by atoms with van der Waals surface area (Å²) in [6.45, 7) is 4.58. The fraction of sp³-hybridized carbons (Fsp3) is 0.250. The van der Waals surface area contributed by atoms with Crippen LogP contribution in [0.25, 0.3) is 11.3 Å². The molecule has 1 aromatic heterocycles. The third-order valence-corrected chi connectivity index (χ3v) is 2.78. The standard InChI is InChI=1S/C16H18N4/c1-16(2,18)11-19-15-5-3-4-14(20-15)13-8-6-12(10-17)7-9-13/h3-9H,11,18H2,1-2H3,(H,19,20). The van der Waals surface area contributed by atoms with Gasteiger partial charge in [0, 0.05) is 17.6 Å². The maximum Gasteiger partial charge on any atom is 0.126 e. The van der Waals surface area contributed by atoms with Gasteiger partial charge in [-0.05, 0) is 38.1 Å². The van der Waals surface area contributed by atoms with Crippen LogP contribution in [0, 0.1) is 11.3 Å². The SMILES string of the molecule is CC(C)(N)CNc1cccc(-c2ccc(C#N)cc2)n1. The molecule has 0 amide bonds. The van der Waals surface area contributed by atoms with Crippen molar-refractivity contribution < 1.29 is 0 Å². The van der Waals surface area contributed by atoms with Gasteiger partial charge < -0.3 is 11.1 Å². The summed E-state index contributed by atoms with van der Waals surface area (Å²) in [6, 6.07) is 15.3. The molecule has 1 aromatic carbocycles. The lowest BCUT2D eigenvalue weighted by Crippen LogP contribution is -2.39. The van der Waals surface area contributed by atoms with Crippen LogP contribution in [0.15, 0.2) is 42.5 Å². The van der Waals surface area contributed by atoms with Gasteiger partial charge in [0.15, 0.2) is 0 Å². The van der Waals surface area contributed by atoms with Gasteiger partial charge in [-0.2, -0.15) is 5.26 Å². The van der Waals surface area contributed by atoms with Gasteiger partial charge in [-0.25, -0.2) is 4.98 Å². The fourth-order valence-corrected chi connectivity index (χ4v) is 1.73. The Morgan fingerprint density at radius 3 is 2.50 bits per heavy atom. The summed E-state index contributed by atoms with van der Waals surface area (Å²) in [5.74, 6) is 0.797. The smallest absolute Gasteiger partial charge is 0.126 e. The molecule has 1 heterocycles. The minimum absolute atomic E-state index is 0.286. The number of nitrogens with one attached hydrogen (secondary N) is 1. The molecule has 3 N–H and O–H groups in total.